The third-order valence-electron chi connectivity index (χ3n) is 4.70. The quantitative estimate of drug-likeness (QED) is 0.895. The lowest BCUT2D eigenvalue weighted by Gasteiger charge is -2.24. The number of nitrogens with zero attached hydrogens (tertiary/aromatic N) is 1. The highest BCUT2D eigenvalue weighted by molar-refractivity contribution is 5.85. The van der Waals surface area contributed by atoms with Gasteiger partial charge in [-0.05, 0) is 43.4 Å². The second-order valence-corrected chi connectivity index (χ2v) is 6.15. The molecule has 2 atom stereocenters. The number of ether oxygens (including phenoxy) is 2. The van der Waals surface area contributed by atoms with E-state index in [4.69, 9.17) is 15.2 Å². The van der Waals surface area contributed by atoms with Gasteiger partial charge in [-0.25, -0.2) is 0 Å². The standard InChI is InChI=1S/C17H24N2O3.ClH/c1-2-19(17(20)9-13-4-3-5-14(13)18)10-12-6-7-15-16(8-12)22-11-21-15;/h6-8,13-14H,2-5,9-11,18H2,1H3;1H/t13-,14+;/m0./s1. The molecule has 5 nitrogen and oxygen atoms in total. The van der Waals surface area contributed by atoms with Crippen molar-refractivity contribution in [3.8, 4) is 11.5 Å². The van der Waals surface area contributed by atoms with Gasteiger partial charge in [0.1, 0.15) is 0 Å². The molecule has 0 radical (unpaired) electrons. The average Bonchev–Trinajstić information content (AvgIpc) is 3.13. The zero-order valence-corrected chi connectivity index (χ0v) is 14.3. The van der Waals surface area contributed by atoms with E-state index in [2.05, 4.69) is 0 Å². The van der Waals surface area contributed by atoms with Gasteiger partial charge in [-0.2, -0.15) is 0 Å². The molecule has 1 amide bonds. The molecule has 1 aromatic rings. The van der Waals surface area contributed by atoms with E-state index in [-0.39, 0.29) is 31.1 Å². The average molecular weight is 341 g/mol. The Morgan fingerprint density at radius 3 is 2.78 bits per heavy atom. The van der Waals surface area contributed by atoms with E-state index in [1.54, 1.807) is 0 Å². The zero-order valence-electron chi connectivity index (χ0n) is 13.5. The van der Waals surface area contributed by atoms with E-state index >= 15 is 0 Å². The molecule has 1 saturated carbocycles. The Kier molecular flexibility index (Phi) is 6.13. The van der Waals surface area contributed by atoms with Crippen LogP contribution in [-0.2, 0) is 11.3 Å². The molecule has 128 valence electrons. The molecule has 0 spiro atoms. The highest BCUT2D eigenvalue weighted by Gasteiger charge is 2.27. The van der Waals surface area contributed by atoms with E-state index in [1.807, 2.05) is 30.0 Å². The lowest BCUT2D eigenvalue weighted by Crippen LogP contribution is -2.34. The van der Waals surface area contributed by atoms with Gasteiger partial charge in [-0.1, -0.05) is 12.5 Å². The number of halogens is 1. The van der Waals surface area contributed by atoms with Gasteiger partial charge >= 0.3 is 0 Å². The molecule has 6 heteroatoms. The van der Waals surface area contributed by atoms with Crippen molar-refractivity contribution in [3.05, 3.63) is 23.8 Å². The van der Waals surface area contributed by atoms with Crippen LogP contribution in [0.15, 0.2) is 18.2 Å². The van der Waals surface area contributed by atoms with Gasteiger partial charge in [0.25, 0.3) is 0 Å². The number of hydrogen-bond acceptors (Lipinski definition) is 4. The number of nitrogens with two attached hydrogens (primary N) is 1. The summed E-state index contributed by atoms with van der Waals surface area (Å²) in [6, 6.07) is 6.04. The van der Waals surface area contributed by atoms with Crippen molar-refractivity contribution in [1.82, 2.24) is 4.90 Å². The van der Waals surface area contributed by atoms with Crippen molar-refractivity contribution >= 4 is 18.3 Å². The van der Waals surface area contributed by atoms with Crippen LogP contribution in [-0.4, -0.2) is 30.2 Å². The Bertz CT molecular complexity index is 553. The summed E-state index contributed by atoms with van der Waals surface area (Å²) in [6.07, 6.45) is 3.84. The number of fused-ring (bicyclic) bond motifs is 1. The fourth-order valence-electron chi connectivity index (χ4n) is 3.31. The number of benzene rings is 1. The number of rotatable bonds is 5. The predicted molar refractivity (Wildman–Crippen MR) is 90.8 cm³/mol. The van der Waals surface area contributed by atoms with E-state index in [9.17, 15) is 4.79 Å². The van der Waals surface area contributed by atoms with Crippen LogP contribution in [0.25, 0.3) is 0 Å². The second-order valence-electron chi connectivity index (χ2n) is 6.15. The maximum atomic E-state index is 12.5. The molecule has 1 heterocycles. The van der Waals surface area contributed by atoms with Crippen molar-refractivity contribution in [2.24, 2.45) is 11.7 Å². The van der Waals surface area contributed by atoms with Crippen LogP contribution >= 0.6 is 12.4 Å². The van der Waals surface area contributed by atoms with Crippen molar-refractivity contribution in [3.63, 3.8) is 0 Å². The maximum absolute atomic E-state index is 12.5. The van der Waals surface area contributed by atoms with Crippen LogP contribution < -0.4 is 15.2 Å². The fraction of sp³-hybridized carbons (Fsp3) is 0.588. The van der Waals surface area contributed by atoms with Crippen LogP contribution in [0.4, 0.5) is 0 Å². The third-order valence-corrected chi connectivity index (χ3v) is 4.70. The van der Waals surface area contributed by atoms with Crippen LogP contribution in [0.3, 0.4) is 0 Å². The van der Waals surface area contributed by atoms with Crippen LogP contribution in [0, 0.1) is 5.92 Å². The Hall–Kier alpha value is -1.46. The number of amides is 1. The molecule has 2 aliphatic rings. The summed E-state index contributed by atoms with van der Waals surface area (Å²) in [5.41, 5.74) is 7.15. The second kappa shape index (κ2) is 7.88. The first-order chi connectivity index (χ1) is 10.7. The van der Waals surface area contributed by atoms with Gasteiger partial charge < -0.3 is 20.1 Å². The highest BCUT2D eigenvalue weighted by Crippen LogP contribution is 2.33. The van der Waals surface area contributed by atoms with Crippen LogP contribution in [0.2, 0.25) is 0 Å². The summed E-state index contributed by atoms with van der Waals surface area (Å²) in [4.78, 5) is 14.4. The molecule has 0 unspecified atom stereocenters. The Morgan fingerprint density at radius 2 is 2.09 bits per heavy atom. The largest absolute Gasteiger partial charge is 0.454 e. The molecule has 1 aromatic carbocycles. The Labute approximate surface area is 143 Å². The van der Waals surface area contributed by atoms with Crippen LogP contribution in [0.5, 0.6) is 11.5 Å². The SMILES string of the molecule is CCN(Cc1ccc2c(c1)OCO2)C(=O)C[C@@H]1CCC[C@H]1N.Cl. The van der Waals surface area contributed by atoms with Gasteiger partial charge in [-0.3, -0.25) is 4.79 Å². The molecule has 3 rings (SSSR count). The molecule has 23 heavy (non-hydrogen) atoms. The minimum absolute atomic E-state index is 0. The maximum Gasteiger partial charge on any atom is 0.231 e. The predicted octanol–water partition coefficient (Wildman–Crippen LogP) is 2.70. The van der Waals surface area contributed by atoms with Gasteiger partial charge in [0, 0.05) is 25.6 Å². The number of carbonyl (C=O) groups is 1. The summed E-state index contributed by atoms with van der Waals surface area (Å²) in [6.45, 7) is 3.59. The first-order valence-electron chi connectivity index (χ1n) is 8.09. The first kappa shape index (κ1) is 17.9. The third kappa shape index (κ3) is 4.09. The van der Waals surface area contributed by atoms with Crippen molar-refractivity contribution in [1.29, 1.82) is 0 Å². The molecule has 0 saturated heterocycles. The fourth-order valence-corrected chi connectivity index (χ4v) is 3.31. The first-order valence-corrected chi connectivity index (χ1v) is 8.09. The minimum Gasteiger partial charge on any atom is -0.454 e. The van der Waals surface area contributed by atoms with E-state index in [0.717, 1.165) is 36.3 Å². The smallest absolute Gasteiger partial charge is 0.231 e. The van der Waals surface area contributed by atoms with Gasteiger partial charge in [0.2, 0.25) is 12.7 Å². The van der Waals surface area contributed by atoms with E-state index in [0.29, 0.717) is 25.4 Å². The lowest BCUT2D eigenvalue weighted by atomic mass is 9.99. The summed E-state index contributed by atoms with van der Waals surface area (Å²) in [7, 11) is 0. The molecular weight excluding hydrogens is 316 g/mol. The summed E-state index contributed by atoms with van der Waals surface area (Å²) in [5.74, 6) is 2.08. The molecule has 1 aliphatic carbocycles. The number of carbonyl (C=O) groups excluding carboxylic acids is 1. The van der Waals surface area contributed by atoms with E-state index in [1.165, 1.54) is 0 Å². The van der Waals surface area contributed by atoms with Crippen molar-refractivity contribution in [2.75, 3.05) is 13.3 Å². The summed E-state index contributed by atoms with van der Waals surface area (Å²) in [5, 5.41) is 0. The van der Waals surface area contributed by atoms with Gasteiger partial charge in [0.15, 0.2) is 11.5 Å². The van der Waals surface area contributed by atoms with E-state index < -0.39 is 0 Å². The number of hydrogen-bond donors (Lipinski definition) is 1. The Morgan fingerprint density at radius 1 is 1.30 bits per heavy atom. The Balaban J connectivity index is 0.00000192. The van der Waals surface area contributed by atoms with Crippen molar-refractivity contribution in [2.45, 2.75) is 45.2 Å². The molecule has 0 aromatic heterocycles. The zero-order chi connectivity index (χ0) is 15.5. The van der Waals surface area contributed by atoms with Gasteiger partial charge in [0.05, 0.1) is 0 Å². The normalized spacial score (nSPS) is 21.8. The molecule has 0 bridgehead atoms. The summed E-state index contributed by atoms with van der Waals surface area (Å²) < 4.78 is 10.7. The van der Waals surface area contributed by atoms with Crippen molar-refractivity contribution < 1.29 is 14.3 Å². The molecular formula is C17H25ClN2O3. The van der Waals surface area contributed by atoms with Crippen LogP contribution in [0.1, 0.15) is 38.2 Å². The summed E-state index contributed by atoms with van der Waals surface area (Å²) >= 11 is 0. The minimum atomic E-state index is 0. The van der Waals surface area contributed by atoms with Gasteiger partial charge in [-0.15, -0.1) is 12.4 Å². The monoisotopic (exact) mass is 340 g/mol. The highest BCUT2D eigenvalue weighted by atomic mass is 35.5. The topological polar surface area (TPSA) is 64.8 Å². The molecule has 1 fully saturated rings. The molecule has 2 N–H and O–H groups in total. The molecule has 1 aliphatic heterocycles. The lowest BCUT2D eigenvalue weighted by molar-refractivity contribution is -0.132.